The van der Waals surface area contributed by atoms with Crippen LogP contribution in [0, 0.1) is 13.8 Å². The second-order valence-corrected chi connectivity index (χ2v) is 10.2. The molecule has 0 saturated carbocycles. The minimum atomic E-state index is -0.961. The van der Waals surface area contributed by atoms with Crippen LogP contribution in [0.15, 0.2) is 33.1 Å². The maximum atomic E-state index is 13.7. The molecule has 1 aliphatic rings. The van der Waals surface area contributed by atoms with Crippen LogP contribution in [0.5, 0.6) is 0 Å². The van der Waals surface area contributed by atoms with E-state index >= 15 is 0 Å². The number of aromatic nitrogens is 4. The molecule has 3 aromatic rings. The number of carbonyl (C=O) groups is 2. The van der Waals surface area contributed by atoms with Crippen LogP contribution in [0.25, 0.3) is 11.6 Å². The molecule has 3 aromatic heterocycles. The third kappa shape index (κ3) is 7.04. The van der Waals surface area contributed by atoms with Gasteiger partial charge in [-0.2, -0.15) is 4.80 Å². The van der Waals surface area contributed by atoms with Crippen LogP contribution in [-0.4, -0.2) is 86.8 Å². The van der Waals surface area contributed by atoms with Gasteiger partial charge in [0.2, 0.25) is 11.7 Å². The Morgan fingerprint density at radius 1 is 1.08 bits per heavy atom. The third-order valence-corrected chi connectivity index (χ3v) is 5.86. The standard InChI is InChI=1S/C25H35N7O5/c1-17-6-8-19(36-17)22(24(34)26-25(3,4)5)31(11-10-30-12-14-35-15-13-30)21(33)16-32-28-23(27-29-32)20-9-7-18(2)37-20/h6-9,22H,10-16H2,1-5H3,(H,26,34). The van der Waals surface area contributed by atoms with Gasteiger partial charge in [0.1, 0.15) is 23.8 Å². The van der Waals surface area contributed by atoms with E-state index in [1.807, 2.05) is 27.7 Å². The lowest BCUT2D eigenvalue weighted by Gasteiger charge is -2.34. The Kier molecular flexibility index (Phi) is 8.08. The lowest BCUT2D eigenvalue weighted by Crippen LogP contribution is -2.52. The highest BCUT2D eigenvalue weighted by molar-refractivity contribution is 5.88. The first-order valence-corrected chi connectivity index (χ1v) is 12.4. The Bertz CT molecular complexity index is 1200. The number of hydrogen-bond donors (Lipinski definition) is 1. The number of hydrogen-bond acceptors (Lipinski definition) is 9. The van der Waals surface area contributed by atoms with Crippen molar-refractivity contribution >= 4 is 11.8 Å². The summed E-state index contributed by atoms with van der Waals surface area (Å²) in [6.45, 7) is 12.8. The highest BCUT2D eigenvalue weighted by atomic mass is 16.5. The number of nitrogens with zero attached hydrogens (tertiary/aromatic N) is 6. The predicted octanol–water partition coefficient (Wildman–Crippen LogP) is 1.96. The minimum absolute atomic E-state index is 0.200. The molecule has 37 heavy (non-hydrogen) atoms. The SMILES string of the molecule is Cc1ccc(-c2nnn(CC(=O)N(CCN3CCOCC3)C(C(=O)NC(C)(C)C)c3ccc(C)o3)n2)o1. The number of tetrazole rings is 1. The molecule has 200 valence electrons. The van der Waals surface area contributed by atoms with Crippen molar-refractivity contribution in [2.45, 2.75) is 52.7 Å². The van der Waals surface area contributed by atoms with Gasteiger partial charge >= 0.3 is 0 Å². The fourth-order valence-corrected chi connectivity index (χ4v) is 4.11. The van der Waals surface area contributed by atoms with Gasteiger partial charge in [-0.3, -0.25) is 14.5 Å². The second-order valence-electron chi connectivity index (χ2n) is 10.2. The van der Waals surface area contributed by atoms with Crippen molar-refractivity contribution in [3.05, 3.63) is 41.5 Å². The summed E-state index contributed by atoms with van der Waals surface area (Å²) in [7, 11) is 0. The summed E-state index contributed by atoms with van der Waals surface area (Å²) in [5.74, 6) is 1.86. The Balaban J connectivity index is 1.60. The summed E-state index contributed by atoms with van der Waals surface area (Å²) in [4.78, 5) is 32.2. The van der Waals surface area contributed by atoms with Gasteiger partial charge < -0.3 is 23.8 Å². The molecular weight excluding hydrogens is 478 g/mol. The number of furan rings is 2. The predicted molar refractivity (Wildman–Crippen MR) is 133 cm³/mol. The quantitative estimate of drug-likeness (QED) is 0.456. The number of aryl methyl sites for hydroxylation is 2. The Hall–Kier alpha value is -3.51. The van der Waals surface area contributed by atoms with E-state index in [0.717, 1.165) is 18.8 Å². The van der Waals surface area contributed by atoms with Gasteiger partial charge in [-0.1, -0.05) is 0 Å². The molecule has 1 unspecified atom stereocenters. The van der Waals surface area contributed by atoms with Gasteiger partial charge in [0, 0.05) is 31.7 Å². The molecule has 1 fully saturated rings. The maximum absolute atomic E-state index is 13.7. The van der Waals surface area contributed by atoms with Crippen molar-refractivity contribution in [3.8, 4) is 11.6 Å². The van der Waals surface area contributed by atoms with Gasteiger partial charge in [0.15, 0.2) is 11.8 Å². The van der Waals surface area contributed by atoms with Crippen molar-refractivity contribution < 1.29 is 23.2 Å². The first-order valence-electron chi connectivity index (χ1n) is 12.4. The Morgan fingerprint density at radius 2 is 1.78 bits per heavy atom. The van der Waals surface area contributed by atoms with Crippen molar-refractivity contribution in [2.75, 3.05) is 39.4 Å². The van der Waals surface area contributed by atoms with E-state index in [-0.39, 0.29) is 24.2 Å². The average Bonchev–Trinajstić information content (AvgIpc) is 3.57. The number of amides is 2. The van der Waals surface area contributed by atoms with Crippen LogP contribution < -0.4 is 5.32 Å². The molecule has 4 rings (SSSR count). The van der Waals surface area contributed by atoms with E-state index in [1.54, 1.807) is 31.2 Å². The van der Waals surface area contributed by atoms with Crippen molar-refractivity contribution in [2.24, 2.45) is 0 Å². The van der Waals surface area contributed by atoms with Crippen molar-refractivity contribution in [3.63, 3.8) is 0 Å². The molecule has 0 spiro atoms. The number of morpholine rings is 1. The maximum Gasteiger partial charge on any atom is 0.251 e. The molecule has 1 saturated heterocycles. The fourth-order valence-electron chi connectivity index (χ4n) is 4.11. The number of nitrogens with one attached hydrogen (secondary N) is 1. The molecule has 12 nitrogen and oxygen atoms in total. The van der Waals surface area contributed by atoms with E-state index in [9.17, 15) is 9.59 Å². The molecule has 4 heterocycles. The molecule has 1 atom stereocenters. The highest BCUT2D eigenvalue weighted by Gasteiger charge is 2.36. The zero-order valence-electron chi connectivity index (χ0n) is 22.1. The van der Waals surface area contributed by atoms with Crippen LogP contribution in [-0.2, 0) is 20.9 Å². The lowest BCUT2D eigenvalue weighted by molar-refractivity contribution is -0.143. The number of ether oxygens (including phenoxy) is 1. The summed E-state index contributed by atoms with van der Waals surface area (Å²) < 4.78 is 16.9. The zero-order valence-corrected chi connectivity index (χ0v) is 22.1. The van der Waals surface area contributed by atoms with E-state index in [4.69, 9.17) is 13.6 Å². The molecule has 1 aliphatic heterocycles. The van der Waals surface area contributed by atoms with Gasteiger partial charge in [-0.25, -0.2) is 0 Å². The van der Waals surface area contributed by atoms with Crippen LogP contribution in [0.2, 0.25) is 0 Å². The molecule has 0 aliphatic carbocycles. The van der Waals surface area contributed by atoms with Crippen LogP contribution in [0.4, 0.5) is 0 Å². The average molecular weight is 514 g/mol. The second kappa shape index (κ2) is 11.3. The first-order chi connectivity index (χ1) is 17.6. The van der Waals surface area contributed by atoms with E-state index in [1.165, 1.54) is 9.70 Å². The van der Waals surface area contributed by atoms with Gasteiger partial charge in [-0.05, 0) is 64.1 Å². The third-order valence-electron chi connectivity index (χ3n) is 5.86. The summed E-state index contributed by atoms with van der Waals surface area (Å²) >= 11 is 0. The molecule has 0 radical (unpaired) electrons. The number of carbonyl (C=O) groups excluding carboxylic acids is 2. The summed E-state index contributed by atoms with van der Waals surface area (Å²) in [5, 5.41) is 15.4. The molecule has 0 aromatic carbocycles. The van der Waals surface area contributed by atoms with E-state index in [2.05, 4.69) is 25.6 Å². The first kappa shape index (κ1) is 26.6. The fraction of sp³-hybridized carbons (Fsp3) is 0.560. The molecule has 1 N–H and O–H groups in total. The summed E-state index contributed by atoms with van der Waals surface area (Å²) in [6, 6.07) is 6.12. The monoisotopic (exact) mass is 513 g/mol. The molecular formula is C25H35N7O5. The largest absolute Gasteiger partial charge is 0.464 e. The minimum Gasteiger partial charge on any atom is -0.464 e. The highest BCUT2D eigenvalue weighted by Crippen LogP contribution is 2.25. The molecule has 12 heteroatoms. The normalized spacial score (nSPS) is 15.5. The van der Waals surface area contributed by atoms with E-state index < -0.39 is 11.6 Å². The molecule has 0 bridgehead atoms. The van der Waals surface area contributed by atoms with Crippen LogP contribution >= 0.6 is 0 Å². The lowest BCUT2D eigenvalue weighted by atomic mass is 10.1. The topological polar surface area (TPSA) is 132 Å². The van der Waals surface area contributed by atoms with Crippen LogP contribution in [0.3, 0.4) is 0 Å². The van der Waals surface area contributed by atoms with E-state index in [0.29, 0.717) is 43.6 Å². The summed E-state index contributed by atoms with van der Waals surface area (Å²) in [5.41, 5.74) is -0.501. The van der Waals surface area contributed by atoms with Gasteiger partial charge in [0.25, 0.3) is 5.91 Å². The van der Waals surface area contributed by atoms with Gasteiger partial charge in [0.05, 0.1) is 13.2 Å². The Morgan fingerprint density at radius 3 is 2.41 bits per heavy atom. The van der Waals surface area contributed by atoms with Gasteiger partial charge in [-0.15, -0.1) is 10.2 Å². The number of rotatable bonds is 9. The van der Waals surface area contributed by atoms with Crippen LogP contribution in [0.1, 0.15) is 44.1 Å². The zero-order chi connectivity index (χ0) is 26.6. The molecule has 2 amide bonds. The Labute approximate surface area is 215 Å². The van der Waals surface area contributed by atoms with Crippen molar-refractivity contribution in [1.82, 2.24) is 35.3 Å². The smallest absolute Gasteiger partial charge is 0.251 e. The van der Waals surface area contributed by atoms with Crippen molar-refractivity contribution in [1.29, 1.82) is 0 Å². The summed E-state index contributed by atoms with van der Waals surface area (Å²) in [6.07, 6.45) is 0.